The number of hydrogen-bond acceptors (Lipinski definition) is 4. The molecule has 0 aromatic heterocycles. The fraction of sp³-hybridized carbons (Fsp3) is 0.167. The van der Waals surface area contributed by atoms with Crippen LogP contribution in [0.15, 0.2) is 78.9 Å². The summed E-state index contributed by atoms with van der Waals surface area (Å²) in [5, 5.41) is 5.56. The van der Waals surface area contributed by atoms with Gasteiger partial charge in [-0.25, -0.2) is 4.39 Å². The average Bonchev–Trinajstić information content (AvgIpc) is 2.77. The van der Waals surface area contributed by atoms with Gasteiger partial charge in [0.15, 0.2) is 0 Å². The molecule has 0 saturated heterocycles. The molecule has 0 unspecified atom stereocenters. The van der Waals surface area contributed by atoms with Gasteiger partial charge in [-0.15, -0.1) is 0 Å². The Bertz CT molecular complexity index is 1010. The molecule has 0 aliphatic heterocycles. The van der Waals surface area contributed by atoms with Crippen molar-refractivity contribution < 1.29 is 18.7 Å². The van der Waals surface area contributed by atoms with Gasteiger partial charge in [0.2, 0.25) is 11.8 Å². The SMILES string of the molecule is CN(Cc1ccccc1F)C(=O)CNCC(=O)Nc1ccc(Oc2ccccc2)cc1. The van der Waals surface area contributed by atoms with Gasteiger partial charge in [-0.1, -0.05) is 36.4 Å². The lowest BCUT2D eigenvalue weighted by Crippen LogP contribution is -2.38. The van der Waals surface area contributed by atoms with Crippen molar-refractivity contribution in [2.45, 2.75) is 6.54 Å². The third-order valence-electron chi connectivity index (χ3n) is 4.47. The van der Waals surface area contributed by atoms with Crippen LogP contribution in [0.25, 0.3) is 0 Å². The van der Waals surface area contributed by atoms with E-state index >= 15 is 0 Å². The first-order valence-corrected chi connectivity index (χ1v) is 9.82. The van der Waals surface area contributed by atoms with Crippen LogP contribution in [0.3, 0.4) is 0 Å². The molecule has 0 atom stereocenters. The predicted octanol–water partition coefficient (Wildman–Crippen LogP) is 3.80. The molecule has 0 saturated carbocycles. The number of carbonyl (C=O) groups is 2. The summed E-state index contributed by atoms with van der Waals surface area (Å²) >= 11 is 0. The molecule has 0 spiro atoms. The molecule has 160 valence electrons. The van der Waals surface area contributed by atoms with Crippen LogP contribution in [0.4, 0.5) is 10.1 Å². The number of carbonyl (C=O) groups excluding carboxylic acids is 2. The normalized spacial score (nSPS) is 10.4. The number of para-hydroxylation sites is 1. The Kier molecular flexibility index (Phi) is 7.73. The number of ether oxygens (including phenoxy) is 1. The monoisotopic (exact) mass is 421 g/mol. The topological polar surface area (TPSA) is 70.7 Å². The highest BCUT2D eigenvalue weighted by Gasteiger charge is 2.12. The lowest BCUT2D eigenvalue weighted by atomic mass is 10.2. The van der Waals surface area contributed by atoms with Crippen LogP contribution >= 0.6 is 0 Å². The molecule has 2 N–H and O–H groups in total. The predicted molar refractivity (Wildman–Crippen MR) is 117 cm³/mol. The zero-order valence-corrected chi connectivity index (χ0v) is 17.2. The smallest absolute Gasteiger partial charge is 0.238 e. The van der Waals surface area contributed by atoms with E-state index in [-0.39, 0.29) is 37.3 Å². The van der Waals surface area contributed by atoms with Gasteiger partial charge in [-0.3, -0.25) is 14.9 Å². The molecule has 0 radical (unpaired) electrons. The molecule has 0 aliphatic rings. The largest absolute Gasteiger partial charge is 0.457 e. The maximum absolute atomic E-state index is 13.7. The van der Waals surface area contributed by atoms with E-state index in [1.54, 1.807) is 49.5 Å². The minimum Gasteiger partial charge on any atom is -0.457 e. The second kappa shape index (κ2) is 10.9. The van der Waals surface area contributed by atoms with Crippen molar-refractivity contribution in [1.82, 2.24) is 10.2 Å². The first-order chi connectivity index (χ1) is 15.0. The summed E-state index contributed by atoms with van der Waals surface area (Å²) in [4.78, 5) is 25.7. The highest BCUT2D eigenvalue weighted by atomic mass is 19.1. The minimum atomic E-state index is -0.352. The molecule has 3 aromatic rings. The summed E-state index contributed by atoms with van der Waals surface area (Å²) in [6.45, 7) is 0.112. The zero-order valence-electron chi connectivity index (χ0n) is 17.2. The van der Waals surface area contributed by atoms with Gasteiger partial charge in [-0.05, 0) is 42.5 Å². The summed E-state index contributed by atoms with van der Waals surface area (Å²) < 4.78 is 19.4. The number of benzene rings is 3. The summed E-state index contributed by atoms with van der Waals surface area (Å²) in [5.74, 6) is 0.522. The number of rotatable bonds is 9. The van der Waals surface area contributed by atoms with Gasteiger partial charge in [0.25, 0.3) is 0 Å². The maximum Gasteiger partial charge on any atom is 0.238 e. The lowest BCUT2D eigenvalue weighted by Gasteiger charge is -2.18. The molecular weight excluding hydrogens is 397 g/mol. The molecule has 3 rings (SSSR count). The first kappa shape index (κ1) is 22.0. The lowest BCUT2D eigenvalue weighted by molar-refractivity contribution is -0.129. The Morgan fingerprint density at radius 1 is 0.871 bits per heavy atom. The van der Waals surface area contributed by atoms with Crippen molar-refractivity contribution in [3.8, 4) is 11.5 Å². The van der Waals surface area contributed by atoms with Gasteiger partial charge >= 0.3 is 0 Å². The van der Waals surface area contributed by atoms with Crippen molar-refractivity contribution in [2.24, 2.45) is 0 Å². The quantitative estimate of drug-likeness (QED) is 0.551. The van der Waals surface area contributed by atoms with E-state index in [1.807, 2.05) is 30.3 Å². The van der Waals surface area contributed by atoms with Crippen molar-refractivity contribution in [3.63, 3.8) is 0 Å². The van der Waals surface area contributed by atoms with Crippen molar-refractivity contribution >= 4 is 17.5 Å². The van der Waals surface area contributed by atoms with Gasteiger partial charge < -0.3 is 15.0 Å². The fourth-order valence-electron chi connectivity index (χ4n) is 2.82. The molecule has 7 heteroatoms. The Hall–Kier alpha value is -3.71. The fourth-order valence-corrected chi connectivity index (χ4v) is 2.82. The number of amides is 2. The molecule has 6 nitrogen and oxygen atoms in total. The van der Waals surface area contributed by atoms with Gasteiger partial charge in [0.05, 0.1) is 13.1 Å². The maximum atomic E-state index is 13.7. The summed E-state index contributed by atoms with van der Waals surface area (Å²) in [7, 11) is 1.59. The van der Waals surface area contributed by atoms with E-state index in [1.165, 1.54) is 11.0 Å². The van der Waals surface area contributed by atoms with Crippen LogP contribution < -0.4 is 15.4 Å². The third kappa shape index (κ3) is 6.94. The Balaban J connectivity index is 1.39. The second-order valence-corrected chi connectivity index (χ2v) is 6.93. The highest BCUT2D eigenvalue weighted by molar-refractivity contribution is 5.92. The van der Waals surface area contributed by atoms with E-state index in [2.05, 4.69) is 10.6 Å². The molecule has 0 heterocycles. The van der Waals surface area contributed by atoms with E-state index in [9.17, 15) is 14.0 Å². The summed E-state index contributed by atoms with van der Waals surface area (Å²) in [6, 6.07) is 22.7. The number of anilines is 1. The number of likely N-dealkylation sites (N-methyl/N-ethyl adjacent to an activating group) is 1. The standard InChI is InChI=1S/C24H24FN3O3/c1-28(17-18-7-5-6-10-22(18)25)24(30)16-26-15-23(29)27-19-11-13-21(14-12-19)31-20-8-3-2-4-9-20/h2-14,26H,15-17H2,1H3,(H,27,29). The Morgan fingerprint density at radius 3 is 2.23 bits per heavy atom. The Labute approximate surface area is 180 Å². The van der Waals surface area contributed by atoms with Gasteiger partial charge in [0.1, 0.15) is 17.3 Å². The molecule has 3 aromatic carbocycles. The van der Waals surface area contributed by atoms with Crippen LogP contribution in [0.2, 0.25) is 0 Å². The van der Waals surface area contributed by atoms with Crippen molar-refractivity contribution in [1.29, 1.82) is 0 Å². The van der Waals surface area contributed by atoms with E-state index in [0.717, 1.165) is 5.75 Å². The third-order valence-corrected chi connectivity index (χ3v) is 4.47. The number of halogens is 1. The van der Waals surface area contributed by atoms with Crippen molar-refractivity contribution in [2.75, 3.05) is 25.5 Å². The zero-order chi connectivity index (χ0) is 22.1. The van der Waals surface area contributed by atoms with Crippen LogP contribution in [0, 0.1) is 5.82 Å². The highest BCUT2D eigenvalue weighted by Crippen LogP contribution is 2.22. The molecule has 0 fully saturated rings. The molecule has 31 heavy (non-hydrogen) atoms. The first-order valence-electron chi connectivity index (χ1n) is 9.82. The number of nitrogens with zero attached hydrogens (tertiary/aromatic N) is 1. The molecule has 0 aliphatic carbocycles. The molecule has 0 bridgehead atoms. The average molecular weight is 421 g/mol. The summed E-state index contributed by atoms with van der Waals surface area (Å²) in [6.07, 6.45) is 0. The number of hydrogen-bond donors (Lipinski definition) is 2. The van der Waals surface area contributed by atoms with E-state index in [0.29, 0.717) is 17.0 Å². The van der Waals surface area contributed by atoms with Gasteiger partial charge in [-0.2, -0.15) is 0 Å². The Morgan fingerprint density at radius 2 is 1.52 bits per heavy atom. The van der Waals surface area contributed by atoms with Crippen molar-refractivity contribution in [3.05, 3.63) is 90.2 Å². The van der Waals surface area contributed by atoms with Crippen LogP contribution in [-0.4, -0.2) is 36.9 Å². The van der Waals surface area contributed by atoms with Crippen LogP contribution in [0.5, 0.6) is 11.5 Å². The van der Waals surface area contributed by atoms with Gasteiger partial charge in [0, 0.05) is 24.8 Å². The molecular formula is C24H24FN3O3. The second-order valence-electron chi connectivity index (χ2n) is 6.93. The van der Waals surface area contributed by atoms with Crippen LogP contribution in [0.1, 0.15) is 5.56 Å². The molecule has 2 amide bonds. The minimum absolute atomic E-state index is 0.0256. The number of nitrogens with one attached hydrogen (secondary N) is 2. The summed E-state index contributed by atoms with van der Waals surface area (Å²) in [5.41, 5.74) is 1.06. The van der Waals surface area contributed by atoms with Crippen LogP contribution in [-0.2, 0) is 16.1 Å². The van der Waals surface area contributed by atoms with E-state index in [4.69, 9.17) is 4.74 Å². The van der Waals surface area contributed by atoms with E-state index < -0.39 is 0 Å².